The Morgan fingerprint density at radius 2 is 1.51 bits per heavy atom. The predicted octanol–water partition coefficient (Wildman–Crippen LogP) is 9.33. The predicted molar refractivity (Wildman–Crippen MR) is 192 cm³/mol. The first-order chi connectivity index (χ1) is 22.1. The first-order valence-corrected chi connectivity index (χ1v) is 19.3. The number of nitrogens with zero attached hydrogens (tertiary/aromatic N) is 1. The second kappa shape index (κ2) is 11.8. The quantitative estimate of drug-likeness (QED) is 0.199. The maximum Gasteiger partial charge on any atom is 0.154 e. The van der Waals surface area contributed by atoms with Crippen molar-refractivity contribution in [3.05, 3.63) is 138 Å². The molecule has 45 heavy (non-hydrogen) atoms. The Morgan fingerprint density at radius 1 is 0.778 bits per heavy atom. The largest absolute Gasteiger partial charge is 0.493 e. The summed E-state index contributed by atoms with van der Waals surface area (Å²) in [4.78, 5) is 0. The topological polar surface area (TPSA) is 14.2 Å². The number of para-hydroxylation sites is 1. The van der Waals surface area contributed by atoms with Crippen molar-refractivity contribution in [1.29, 1.82) is 0 Å². The zero-order chi connectivity index (χ0) is 30.4. The van der Waals surface area contributed by atoms with Gasteiger partial charge in [-0.15, -0.1) is 0 Å². The number of hydrogen-bond acceptors (Lipinski definition) is 1. The number of rotatable bonds is 6. The second-order valence-electron chi connectivity index (χ2n) is 14.1. The van der Waals surface area contributed by atoms with E-state index in [0.717, 1.165) is 25.2 Å². The molecule has 1 aromatic heterocycles. The van der Waals surface area contributed by atoms with Crippen LogP contribution in [0, 0.1) is 11.8 Å². The Balaban J connectivity index is 1.27. The number of benzene rings is 3. The van der Waals surface area contributed by atoms with Gasteiger partial charge < -0.3 is 9.30 Å². The summed E-state index contributed by atoms with van der Waals surface area (Å²) in [6.45, 7) is 4.74. The third kappa shape index (κ3) is 4.91. The Hall–Kier alpha value is -3.82. The van der Waals surface area contributed by atoms with E-state index in [9.17, 15) is 0 Å². The molecule has 2 heterocycles. The van der Waals surface area contributed by atoms with E-state index in [1.807, 2.05) is 0 Å². The van der Waals surface area contributed by atoms with Crippen molar-refractivity contribution < 1.29 is 4.74 Å². The normalized spacial score (nSPS) is 26.3. The van der Waals surface area contributed by atoms with Gasteiger partial charge in [-0.3, -0.25) is 0 Å². The van der Waals surface area contributed by atoms with Gasteiger partial charge in [0.05, 0.1) is 6.26 Å². The van der Waals surface area contributed by atoms with E-state index in [-0.39, 0.29) is 6.10 Å². The van der Waals surface area contributed by atoms with Gasteiger partial charge in [0.25, 0.3) is 0 Å². The third-order valence-corrected chi connectivity index (χ3v) is 16.6. The van der Waals surface area contributed by atoms with Gasteiger partial charge in [0.1, 0.15) is 6.10 Å². The highest BCUT2D eigenvalue weighted by atomic mass is 28.3. The molecule has 1 aliphatic heterocycles. The summed E-state index contributed by atoms with van der Waals surface area (Å²) in [5, 5.41) is 5.93. The van der Waals surface area contributed by atoms with Gasteiger partial charge in [-0.05, 0) is 81.9 Å². The Morgan fingerprint density at radius 3 is 2.22 bits per heavy atom. The van der Waals surface area contributed by atoms with Crippen LogP contribution < -0.4 is 10.4 Å². The molecule has 3 heteroatoms. The van der Waals surface area contributed by atoms with Crippen molar-refractivity contribution in [2.24, 2.45) is 11.8 Å². The summed E-state index contributed by atoms with van der Waals surface area (Å²) in [7, 11) is -2.54. The van der Waals surface area contributed by atoms with Crippen molar-refractivity contribution in [2.75, 3.05) is 0 Å². The van der Waals surface area contributed by atoms with Crippen LogP contribution in [0.1, 0.15) is 69.7 Å². The van der Waals surface area contributed by atoms with Crippen LogP contribution in [0.4, 0.5) is 0 Å². The van der Waals surface area contributed by atoms with Crippen molar-refractivity contribution >= 4 is 35.4 Å². The van der Waals surface area contributed by atoms with Crippen molar-refractivity contribution in [3.63, 3.8) is 0 Å². The van der Waals surface area contributed by atoms with E-state index in [1.165, 1.54) is 63.4 Å². The number of fused-ring (bicyclic) bond motifs is 3. The van der Waals surface area contributed by atoms with E-state index in [1.54, 1.807) is 5.56 Å². The average Bonchev–Trinajstić information content (AvgIpc) is 3.70. The lowest BCUT2D eigenvalue weighted by Crippen LogP contribution is -2.63. The van der Waals surface area contributed by atoms with E-state index < -0.39 is 8.07 Å². The molecule has 0 bridgehead atoms. The average molecular weight is 608 g/mol. The van der Waals surface area contributed by atoms with Gasteiger partial charge in [0.2, 0.25) is 0 Å². The third-order valence-electron chi connectivity index (χ3n) is 11.3. The lowest BCUT2D eigenvalue weighted by Gasteiger charge is -2.41. The lowest BCUT2D eigenvalue weighted by atomic mass is 9.86. The summed E-state index contributed by atoms with van der Waals surface area (Å²) in [5.41, 5.74) is 6.14. The van der Waals surface area contributed by atoms with Crippen LogP contribution in [-0.4, -0.2) is 18.7 Å². The smallest absolute Gasteiger partial charge is 0.154 e. The van der Waals surface area contributed by atoms with Crippen LogP contribution in [0.25, 0.3) is 17.0 Å². The molecule has 1 fully saturated rings. The molecule has 8 rings (SSSR count). The maximum absolute atomic E-state index is 6.64. The number of aromatic nitrogens is 1. The zero-order valence-electron chi connectivity index (χ0n) is 26.7. The molecule has 0 N–H and O–H groups in total. The molecule has 0 amide bonds. The van der Waals surface area contributed by atoms with E-state index >= 15 is 0 Å². The summed E-state index contributed by atoms with van der Waals surface area (Å²) >= 11 is 0. The molecule has 228 valence electrons. The maximum atomic E-state index is 6.64. The highest BCUT2D eigenvalue weighted by molar-refractivity contribution is 7.08. The summed E-state index contributed by atoms with van der Waals surface area (Å²) in [5.74, 6) is 1.39. The highest BCUT2D eigenvalue weighted by Crippen LogP contribution is 2.46. The lowest BCUT2D eigenvalue weighted by molar-refractivity contribution is 0.205. The molecule has 3 aromatic carbocycles. The summed E-state index contributed by atoms with van der Waals surface area (Å²) in [6, 6.07) is 32.8. The molecule has 5 atom stereocenters. The molecule has 1 saturated carbocycles. The van der Waals surface area contributed by atoms with Gasteiger partial charge in [-0.2, -0.15) is 0 Å². The fraction of sp³-hybridized carbons (Fsp3) is 0.333. The molecular formula is C42H45NOSi. The van der Waals surface area contributed by atoms with Crippen LogP contribution in [0.15, 0.2) is 126 Å². The molecule has 2 nitrogen and oxygen atoms in total. The van der Waals surface area contributed by atoms with Gasteiger partial charge in [-0.25, -0.2) is 0 Å². The SMILES string of the molecule is CC1C=CC(C2CC([Si](c3ccccc3)(c3ccccc3)C3C=Cc4c(c5ccccc5n4C4CCCC(C)C4)C3)=CO2)=CC1. The molecule has 5 unspecified atom stereocenters. The van der Waals surface area contributed by atoms with Gasteiger partial charge in [0.15, 0.2) is 8.07 Å². The summed E-state index contributed by atoms with van der Waals surface area (Å²) in [6.07, 6.45) is 22.9. The van der Waals surface area contributed by atoms with E-state index in [4.69, 9.17) is 4.74 Å². The molecule has 3 aliphatic carbocycles. The Kier molecular flexibility index (Phi) is 7.53. The van der Waals surface area contributed by atoms with Crippen LogP contribution >= 0.6 is 0 Å². The number of hydrogen-bond donors (Lipinski definition) is 0. The van der Waals surface area contributed by atoms with Crippen molar-refractivity contribution in [3.8, 4) is 0 Å². The van der Waals surface area contributed by atoms with Gasteiger partial charge in [0, 0.05) is 29.1 Å². The standard InChI is InChI=1S/C42H45NOSi/c1-30-20-22-32(23-21-30)42-28-37(29-44-42)45(34-14-5-3-6-15-34,35-16-7-4-8-17-35)36-24-25-41-39(27-36)38-18-9-10-19-40(38)43(41)33-13-11-12-31(2)26-33/h3-10,14-20,22-25,29-31,33,36,42H,11-13,21,26-28H2,1-2H3. The van der Waals surface area contributed by atoms with E-state index in [2.05, 4.69) is 140 Å². The second-order valence-corrected chi connectivity index (χ2v) is 18.3. The zero-order valence-corrected chi connectivity index (χ0v) is 27.7. The number of allylic oxidation sites excluding steroid dienone is 3. The molecule has 0 spiro atoms. The molecule has 0 saturated heterocycles. The minimum absolute atomic E-state index is 0.0985. The van der Waals surface area contributed by atoms with Gasteiger partial charge in [-0.1, -0.05) is 130 Å². The van der Waals surface area contributed by atoms with Crippen LogP contribution in [0.2, 0.25) is 5.54 Å². The van der Waals surface area contributed by atoms with Crippen molar-refractivity contribution in [2.45, 2.75) is 76.5 Å². The minimum Gasteiger partial charge on any atom is -0.493 e. The molecule has 4 aromatic rings. The number of ether oxygens (including phenoxy) is 1. The Labute approximate surface area is 269 Å². The first kappa shape index (κ1) is 28.6. The first-order valence-electron chi connectivity index (χ1n) is 17.3. The molecule has 0 radical (unpaired) electrons. The van der Waals surface area contributed by atoms with Crippen LogP contribution in [0.5, 0.6) is 0 Å². The van der Waals surface area contributed by atoms with Gasteiger partial charge >= 0.3 is 0 Å². The monoisotopic (exact) mass is 607 g/mol. The van der Waals surface area contributed by atoms with E-state index in [0.29, 0.717) is 17.5 Å². The summed E-state index contributed by atoms with van der Waals surface area (Å²) < 4.78 is 9.37. The Bertz CT molecular complexity index is 1770. The fourth-order valence-electron chi connectivity index (χ4n) is 9.07. The fourth-order valence-corrected chi connectivity index (χ4v) is 14.6. The molecule has 4 aliphatic rings. The minimum atomic E-state index is -2.54. The van der Waals surface area contributed by atoms with Crippen LogP contribution in [0.3, 0.4) is 0 Å². The molecular weight excluding hydrogens is 563 g/mol. The highest BCUT2D eigenvalue weighted by Gasteiger charge is 2.50. The van der Waals surface area contributed by atoms with Crippen LogP contribution in [-0.2, 0) is 11.2 Å². The van der Waals surface area contributed by atoms with Crippen molar-refractivity contribution in [1.82, 2.24) is 4.57 Å².